The Morgan fingerprint density at radius 2 is 1.61 bits per heavy atom. The molecule has 3 nitrogen and oxygen atoms in total. The second-order valence-electron chi connectivity index (χ2n) is 7.84. The minimum Gasteiger partial charge on any atom is -0.490 e. The second-order valence-corrected chi connectivity index (χ2v) is 8.70. The highest BCUT2D eigenvalue weighted by Crippen LogP contribution is 2.34. The largest absolute Gasteiger partial charge is 0.490 e. The molecule has 3 aromatic rings. The SMILES string of the molecule is CCOc1cc(CNC(C)CCc2ccccc2)c(Br)cc1OCc1ccccc1C. The molecule has 164 valence electrons. The number of halogens is 1. The van der Waals surface area contributed by atoms with Crippen molar-refractivity contribution in [2.24, 2.45) is 0 Å². The van der Waals surface area contributed by atoms with Crippen LogP contribution < -0.4 is 14.8 Å². The zero-order valence-electron chi connectivity index (χ0n) is 18.7. The fourth-order valence-electron chi connectivity index (χ4n) is 3.44. The predicted octanol–water partition coefficient (Wildman–Crippen LogP) is 6.85. The van der Waals surface area contributed by atoms with E-state index in [1.165, 1.54) is 22.3 Å². The van der Waals surface area contributed by atoms with Crippen LogP contribution in [0.1, 0.15) is 42.5 Å². The minimum absolute atomic E-state index is 0.416. The van der Waals surface area contributed by atoms with Gasteiger partial charge < -0.3 is 14.8 Å². The van der Waals surface area contributed by atoms with Crippen molar-refractivity contribution in [3.63, 3.8) is 0 Å². The van der Waals surface area contributed by atoms with Gasteiger partial charge in [0.05, 0.1) is 6.61 Å². The van der Waals surface area contributed by atoms with Gasteiger partial charge in [-0.05, 0) is 68.0 Å². The third-order valence-corrected chi connectivity index (χ3v) is 6.15. The summed E-state index contributed by atoms with van der Waals surface area (Å²) in [5, 5.41) is 3.64. The molecule has 1 atom stereocenters. The number of ether oxygens (including phenoxy) is 2. The number of aryl methyl sites for hydroxylation is 2. The van der Waals surface area contributed by atoms with Gasteiger partial charge in [-0.15, -0.1) is 0 Å². The first kappa shape index (κ1) is 23.4. The van der Waals surface area contributed by atoms with Gasteiger partial charge in [-0.25, -0.2) is 0 Å². The van der Waals surface area contributed by atoms with Gasteiger partial charge in [0.25, 0.3) is 0 Å². The Balaban J connectivity index is 1.61. The first-order chi connectivity index (χ1) is 15.1. The number of benzene rings is 3. The molecule has 0 saturated carbocycles. The highest BCUT2D eigenvalue weighted by atomic mass is 79.9. The summed E-state index contributed by atoms with van der Waals surface area (Å²) < 4.78 is 13.0. The lowest BCUT2D eigenvalue weighted by atomic mass is 10.1. The number of nitrogens with one attached hydrogen (secondary N) is 1. The summed E-state index contributed by atoms with van der Waals surface area (Å²) in [6.07, 6.45) is 2.17. The van der Waals surface area contributed by atoms with E-state index in [0.29, 0.717) is 19.3 Å². The van der Waals surface area contributed by atoms with Gasteiger partial charge in [0.1, 0.15) is 6.61 Å². The van der Waals surface area contributed by atoms with Gasteiger partial charge >= 0.3 is 0 Å². The lowest BCUT2D eigenvalue weighted by Crippen LogP contribution is -2.26. The molecule has 0 bridgehead atoms. The lowest BCUT2D eigenvalue weighted by Gasteiger charge is -2.18. The molecule has 3 aromatic carbocycles. The molecule has 0 aromatic heterocycles. The van der Waals surface area contributed by atoms with Gasteiger partial charge in [0.2, 0.25) is 0 Å². The molecule has 0 amide bonds. The van der Waals surface area contributed by atoms with E-state index in [1.807, 2.05) is 25.1 Å². The highest BCUT2D eigenvalue weighted by Gasteiger charge is 2.13. The van der Waals surface area contributed by atoms with E-state index in [4.69, 9.17) is 9.47 Å². The zero-order chi connectivity index (χ0) is 22.1. The summed E-state index contributed by atoms with van der Waals surface area (Å²) in [6.45, 7) is 8.23. The Kier molecular flexibility index (Phi) is 8.98. The minimum atomic E-state index is 0.416. The van der Waals surface area contributed by atoms with Crippen LogP contribution in [0.5, 0.6) is 11.5 Å². The summed E-state index contributed by atoms with van der Waals surface area (Å²) in [4.78, 5) is 0. The summed E-state index contributed by atoms with van der Waals surface area (Å²) in [6, 6.07) is 23.4. The molecule has 0 saturated heterocycles. The van der Waals surface area contributed by atoms with E-state index in [1.54, 1.807) is 0 Å². The van der Waals surface area contributed by atoms with Crippen molar-refractivity contribution in [3.8, 4) is 11.5 Å². The van der Waals surface area contributed by atoms with Crippen molar-refractivity contribution in [2.75, 3.05) is 6.61 Å². The Bertz CT molecular complexity index is 959. The van der Waals surface area contributed by atoms with Crippen molar-refractivity contribution in [1.82, 2.24) is 5.32 Å². The molecule has 0 heterocycles. The third kappa shape index (κ3) is 7.12. The van der Waals surface area contributed by atoms with Crippen LogP contribution in [0.2, 0.25) is 0 Å². The Morgan fingerprint density at radius 1 is 0.903 bits per heavy atom. The molecule has 1 N–H and O–H groups in total. The maximum atomic E-state index is 6.13. The molecule has 0 aliphatic heterocycles. The maximum Gasteiger partial charge on any atom is 0.162 e. The summed E-state index contributed by atoms with van der Waals surface area (Å²) in [5.41, 5.74) is 4.95. The van der Waals surface area contributed by atoms with Gasteiger partial charge in [-0.2, -0.15) is 0 Å². The molecule has 4 heteroatoms. The Labute approximate surface area is 194 Å². The molecule has 3 rings (SSSR count). The summed E-state index contributed by atoms with van der Waals surface area (Å²) in [7, 11) is 0. The molecule has 31 heavy (non-hydrogen) atoms. The molecule has 0 aliphatic carbocycles. The molecular formula is C27H32BrNO2. The van der Waals surface area contributed by atoms with Crippen LogP contribution in [0.3, 0.4) is 0 Å². The van der Waals surface area contributed by atoms with E-state index < -0.39 is 0 Å². The first-order valence-electron chi connectivity index (χ1n) is 11.0. The molecule has 0 fully saturated rings. The van der Waals surface area contributed by atoms with Gasteiger partial charge in [0, 0.05) is 17.1 Å². The quantitative estimate of drug-likeness (QED) is 0.324. The molecule has 1 unspecified atom stereocenters. The average Bonchev–Trinajstić information content (AvgIpc) is 2.78. The second kappa shape index (κ2) is 11.9. The normalized spacial score (nSPS) is 11.9. The molecule has 0 aliphatic rings. The van der Waals surface area contributed by atoms with Gasteiger partial charge in [-0.3, -0.25) is 0 Å². The first-order valence-corrected chi connectivity index (χ1v) is 11.8. The summed E-state index contributed by atoms with van der Waals surface area (Å²) in [5.74, 6) is 1.55. The molecule has 0 radical (unpaired) electrons. The number of hydrogen-bond acceptors (Lipinski definition) is 3. The van der Waals surface area contributed by atoms with Crippen molar-refractivity contribution >= 4 is 15.9 Å². The fourth-order valence-corrected chi connectivity index (χ4v) is 3.90. The monoisotopic (exact) mass is 481 g/mol. The van der Waals surface area contributed by atoms with Crippen LogP contribution in [0, 0.1) is 6.92 Å². The standard InChI is InChI=1S/C27H32BrNO2/c1-4-30-26-16-24(18-29-21(3)14-15-22-11-6-5-7-12-22)25(28)17-27(26)31-19-23-13-9-8-10-20(23)2/h5-13,16-17,21,29H,4,14-15,18-19H2,1-3H3. The van der Waals surface area contributed by atoms with Crippen LogP contribution in [-0.2, 0) is 19.6 Å². The lowest BCUT2D eigenvalue weighted by molar-refractivity contribution is 0.268. The maximum absolute atomic E-state index is 6.13. The van der Waals surface area contributed by atoms with Gasteiger partial charge in [0.15, 0.2) is 11.5 Å². The summed E-state index contributed by atoms with van der Waals surface area (Å²) >= 11 is 3.72. The van der Waals surface area contributed by atoms with Gasteiger partial charge in [-0.1, -0.05) is 70.5 Å². The third-order valence-electron chi connectivity index (χ3n) is 5.41. The fraction of sp³-hybridized carbons (Fsp3) is 0.333. The average molecular weight is 482 g/mol. The predicted molar refractivity (Wildman–Crippen MR) is 132 cm³/mol. The molecule has 0 spiro atoms. The Morgan fingerprint density at radius 3 is 2.35 bits per heavy atom. The van der Waals surface area contributed by atoms with Crippen molar-refractivity contribution in [3.05, 3.63) is 93.5 Å². The van der Waals surface area contributed by atoms with Crippen molar-refractivity contribution in [1.29, 1.82) is 0 Å². The van der Waals surface area contributed by atoms with Crippen LogP contribution in [0.25, 0.3) is 0 Å². The number of rotatable bonds is 11. The van der Waals surface area contributed by atoms with E-state index >= 15 is 0 Å². The van der Waals surface area contributed by atoms with Crippen LogP contribution in [0.15, 0.2) is 71.2 Å². The van der Waals surface area contributed by atoms with Crippen LogP contribution in [-0.4, -0.2) is 12.6 Å². The van der Waals surface area contributed by atoms with Crippen molar-refractivity contribution in [2.45, 2.75) is 52.8 Å². The molecular weight excluding hydrogens is 450 g/mol. The zero-order valence-corrected chi connectivity index (χ0v) is 20.2. The smallest absolute Gasteiger partial charge is 0.162 e. The Hall–Kier alpha value is -2.30. The topological polar surface area (TPSA) is 30.5 Å². The van der Waals surface area contributed by atoms with E-state index in [9.17, 15) is 0 Å². The van der Waals surface area contributed by atoms with E-state index in [0.717, 1.165) is 35.4 Å². The van der Waals surface area contributed by atoms with E-state index in [-0.39, 0.29) is 0 Å². The van der Waals surface area contributed by atoms with Crippen LogP contribution in [0.4, 0.5) is 0 Å². The van der Waals surface area contributed by atoms with E-state index in [2.05, 4.69) is 83.6 Å². The highest BCUT2D eigenvalue weighted by molar-refractivity contribution is 9.10. The van der Waals surface area contributed by atoms with Crippen molar-refractivity contribution < 1.29 is 9.47 Å². The number of hydrogen-bond donors (Lipinski definition) is 1. The van der Waals surface area contributed by atoms with Crippen LogP contribution >= 0.6 is 15.9 Å².